The number of fused-ring (bicyclic) bond motifs is 3. The molecule has 1 saturated carbocycles. The number of aliphatic hydroxyl groups excluding tert-OH is 2. The highest BCUT2D eigenvalue weighted by Crippen LogP contribution is 2.62. The van der Waals surface area contributed by atoms with Crippen molar-refractivity contribution in [2.75, 3.05) is 26.9 Å². The van der Waals surface area contributed by atoms with E-state index in [9.17, 15) is 30.4 Å². The van der Waals surface area contributed by atoms with Crippen molar-refractivity contribution < 1.29 is 48.6 Å². The number of aliphatic hydroxyl groups is 2. The average Bonchev–Trinajstić information content (AvgIpc) is 3.34. The van der Waals surface area contributed by atoms with Gasteiger partial charge in [-0.25, -0.2) is 4.79 Å². The van der Waals surface area contributed by atoms with Gasteiger partial charge >= 0.3 is 6.09 Å². The van der Waals surface area contributed by atoms with E-state index in [4.69, 9.17) is 23.8 Å². The van der Waals surface area contributed by atoms with Crippen LogP contribution in [0.4, 0.5) is 16.2 Å². The molecule has 5 aromatic carbocycles. The second-order valence-electron chi connectivity index (χ2n) is 17.2. The number of carbonyl (C=O) groups excluding carboxylic acids is 1. The van der Waals surface area contributed by atoms with E-state index in [2.05, 4.69) is 17.8 Å². The summed E-state index contributed by atoms with van der Waals surface area (Å²) in [5.74, 6) is -1.60. The second-order valence-corrected chi connectivity index (χ2v) is 17.2. The largest absolute Gasteiger partial charge is 0.459 e. The molecule has 5 aromatic rings. The van der Waals surface area contributed by atoms with Crippen molar-refractivity contribution in [2.24, 2.45) is 22.9 Å². The molecule has 8 rings (SSSR count). The van der Waals surface area contributed by atoms with Gasteiger partial charge in [-0.3, -0.25) is 25.1 Å². The molecule has 1 amide bonds. The van der Waals surface area contributed by atoms with Crippen LogP contribution in [0.15, 0.2) is 139 Å². The molecule has 0 unspecified atom stereocenters. The lowest BCUT2D eigenvalue weighted by molar-refractivity contribution is -0.385. The van der Waals surface area contributed by atoms with Crippen molar-refractivity contribution in [3.63, 3.8) is 0 Å². The van der Waals surface area contributed by atoms with Crippen LogP contribution in [0.3, 0.4) is 0 Å². The van der Waals surface area contributed by atoms with Crippen molar-refractivity contribution in [2.45, 2.75) is 69.2 Å². The van der Waals surface area contributed by atoms with Gasteiger partial charge in [-0.15, -0.1) is 6.58 Å². The molecule has 68 heavy (non-hydrogen) atoms. The summed E-state index contributed by atoms with van der Waals surface area (Å²) < 4.78 is 26.9. The Kier molecular flexibility index (Phi) is 14.8. The number of carbonyl (C=O) groups is 1. The maximum absolute atomic E-state index is 15.2. The van der Waals surface area contributed by atoms with Crippen LogP contribution in [0.25, 0.3) is 10.8 Å². The molecule has 1 heterocycles. The van der Waals surface area contributed by atoms with Crippen LogP contribution in [0, 0.1) is 38.0 Å². The number of oxime groups is 1. The molecule has 16 heteroatoms. The fourth-order valence-corrected chi connectivity index (χ4v) is 10.3. The number of hydrogen-bond acceptors (Lipinski definition) is 13. The smallest absolute Gasteiger partial charge is 0.416 e. The zero-order chi connectivity index (χ0) is 47.8. The van der Waals surface area contributed by atoms with Gasteiger partial charge in [0.15, 0.2) is 0 Å². The highest BCUT2D eigenvalue weighted by molar-refractivity contribution is 6.03. The van der Waals surface area contributed by atoms with Crippen LogP contribution in [-0.2, 0) is 16.1 Å². The summed E-state index contributed by atoms with van der Waals surface area (Å²) >= 11 is 0. The summed E-state index contributed by atoms with van der Waals surface area (Å²) in [5.41, 5.74) is 2.68. The minimum Gasteiger partial charge on any atom is -0.459 e. The van der Waals surface area contributed by atoms with Crippen molar-refractivity contribution in [1.29, 1.82) is 0 Å². The van der Waals surface area contributed by atoms with Crippen molar-refractivity contribution in [3.05, 3.63) is 165 Å². The summed E-state index contributed by atoms with van der Waals surface area (Å²) in [5, 5.41) is 49.7. The number of hydrogen-bond donors (Lipinski definition) is 2. The number of nitro benzene ring substituents is 2. The maximum Gasteiger partial charge on any atom is 0.416 e. The first-order valence-corrected chi connectivity index (χ1v) is 22.8. The van der Waals surface area contributed by atoms with Gasteiger partial charge in [0.2, 0.25) is 5.79 Å². The molecule has 2 N–H and O–H groups in total. The van der Waals surface area contributed by atoms with Crippen molar-refractivity contribution in [1.82, 2.24) is 4.90 Å². The van der Waals surface area contributed by atoms with E-state index in [-0.39, 0.29) is 67.5 Å². The maximum atomic E-state index is 15.2. The molecule has 0 radical (unpaired) electrons. The molecule has 2 aliphatic carbocycles. The summed E-state index contributed by atoms with van der Waals surface area (Å²) in [6.07, 6.45) is 7.19. The van der Waals surface area contributed by atoms with Crippen LogP contribution < -0.4 is 14.2 Å². The number of benzene rings is 5. The number of ether oxygens (including phenoxy) is 4. The first-order chi connectivity index (χ1) is 33.1. The topological polar surface area (TPSA) is 206 Å². The number of rotatable bonds is 20. The van der Waals surface area contributed by atoms with Crippen LogP contribution in [0.5, 0.6) is 23.0 Å². The van der Waals surface area contributed by atoms with Gasteiger partial charge in [0, 0.05) is 49.3 Å². The Hall–Kier alpha value is -7.14. The van der Waals surface area contributed by atoms with Gasteiger partial charge in [0.25, 0.3) is 11.4 Å². The number of amides is 1. The van der Waals surface area contributed by atoms with Gasteiger partial charge in [-0.2, -0.15) is 0 Å². The molecule has 1 fully saturated rings. The third kappa shape index (κ3) is 9.79. The number of nitro groups is 2. The van der Waals surface area contributed by atoms with Crippen LogP contribution >= 0.6 is 0 Å². The number of non-ortho nitro benzene ring substituents is 2. The lowest BCUT2D eigenvalue weighted by Gasteiger charge is -2.59. The molecule has 0 aromatic heterocycles. The Morgan fingerprint density at radius 1 is 0.868 bits per heavy atom. The second kappa shape index (κ2) is 21.2. The Bertz CT molecular complexity index is 2700. The van der Waals surface area contributed by atoms with E-state index in [1.54, 1.807) is 35.2 Å². The SMILES string of the molecule is C=CCO[C@@]12Oc3ccc(Oc4cccc([N+](=O)[O-])c4)cc3[C@H]3[C@H](CCCCO)[C@@H](CCCCO)C=C(C(=NOC)C[C@@H]1N(Cc1cccc4ccccc14)C(=O)Oc1ccc([N+](=O)[O-])cc1)[C@H]32. The minimum atomic E-state index is -1.64. The van der Waals surface area contributed by atoms with E-state index in [1.807, 2.05) is 48.5 Å². The standard InChI is InChI=1S/C52H54N4O12/c1-3-28-65-52-48(54(33-36-15-10-14-34-12-4-5-18-42(34)36)51(59)67-39-22-20-37(21-23-39)55(60)61)32-46(53-64-2)44-29-35(13-6-8-26-57)43(19-7-9-27-58)49(50(44)52)45-31-41(24-25-47(45)68-52)66-40-17-11-16-38(30-40)56(62)63/h3-5,10-12,14-18,20-25,29-31,35,43,48-50,57-58H,1,6-9,13,19,26-28,32-33H2,2H3/t35-,43+,48-,49+,50+,52+/m0/s1. The Labute approximate surface area is 393 Å². The Morgan fingerprint density at radius 2 is 1.57 bits per heavy atom. The van der Waals surface area contributed by atoms with E-state index in [0.717, 1.165) is 40.3 Å². The summed E-state index contributed by atoms with van der Waals surface area (Å²) in [4.78, 5) is 44.6. The average molecular weight is 927 g/mol. The third-order valence-corrected chi connectivity index (χ3v) is 13.2. The number of allylic oxidation sites excluding steroid dienone is 1. The Balaban J connectivity index is 1.34. The quantitative estimate of drug-likeness (QED) is 0.0324. The Morgan fingerprint density at radius 3 is 2.31 bits per heavy atom. The predicted molar refractivity (Wildman–Crippen MR) is 254 cm³/mol. The normalized spacial score (nSPS) is 22.0. The molecule has 16 nitrogen and oxygen atoms in total. The third-order valence-electron chi connectivity index (χ3n) is 13.2. The van der Waals surface area contributed by atoms with E-state index in [0.29, 0.717) is 42.9 Å². The van der Waals surface area contributed by atoms with Gasteiger partial charge < -0.3 is 34.0 Å². The fraction of sp³-hybridized carbons (Fsp3) is 0.346. The van der Waals surface area contributed by atoms with Crippen LogP contribution in [0.1, 0.15) is 62.0 Å². The molecular formula is C52H54N4O12. The van der Waals surface area contributed by atoms with E-state index >= 15 is 4.79 Å². The van der Waals surface area contributed by atoms with E-state index < -0.39 is 39.6 Å². The first-order valence-electron chi connectivity index (χ1n) is 22.8. The zero-order valence-electron chi connectivity index (χ0n) is 37.7. The number of unbranched alkanes of at least 4 members (excludes halogenated alkanes) is 2. The predicted octanol–water partition coefficient (Wildman–Crippen LogP) is 10.4. The van der Waals surface area contributed by atoms with Gasteiger partial charge in [-0.05, 0) is 95.8 Å². The van der Waals surface area contributed by atoms with Crippen LogP contribution in [-0.4, -0.2) is 75.5 Å². The minimum absolute atomic E-state index is 0.0110. The highest BCUT2D eigenvalue weighted by Gasteiger charge is 2.66. The summed E-state index contributed by atoms with van der Waals surface area (Å²) in [6, 6.07) is 29.4. The summed E-state index contributed by atoms with van der Waals surface area (Å²) in [7, 11) is 1.47. The van der Waals surface area contributed by atoms with Gasteiger partial charge in [0.1, 0.15) is 36.1 Å². The molecule has 6 atom stereocenters. The van der Waals surface area contributed by atoms with Crippen molar-refractivity contribution in [3.8, 4) is 23.0 Å². The van der Waals surface area contributed by atoms with Gasteiger partial charge in [0.05, 0.1) is 40.7 Å². The fourth-order valence-electron chi connectivity index (χ4n) is 10.3. The molecule has 354 valence electrons. The van der Waals surface area contributed by atoms with Gasteiger partial charge in [-0.1, -0.05) is 78.7 Å². The number of nitrogens with zero attached hydrogens (tertiary/aromatic N) is 4. The van der Waals surface area contributed by atoms with Crippen LogP contribution in [0.2, 0.25) is 0 Å². The lowest BCUT2D eigenvalue weighted by Crippen LogP contribution is -2.70. The van der Waals surface area contributed by atoms with Crippen molar-refractivity contribution >= 4 is 34.0 Å². The molecule has 0 spiro atoms. The first kappa shape index (κ1) is 47.4. The molecule has 0 bridgehead atoms. The molecule has 3 aliphatic rings. The monoisotopic (exact) mass is 926 g/mol. The lowest BCUT2D eigenvalue weighted by atomic mass is 9.55. The highest BCUT2D eigenvalue weighted by atomic mass is 16.7. The molecular weight excluding hydrogens is 873 g/mol. The van der Waals surface area contributed by atoms with E-state index in [1.165, 1.54) is 43.5 Å². The molecule has 0 saturated heterocycles. The molecule has 1 aliphatic heterocycles. The summed E-state index contributed by atoms with van der Waals surface area (Å²) in [6.45, 7) is 4.10. The zero-order valence-corrected chi connectivity index (χ0v) is 37.7.